The standard InChI is InChI=1S/C14H24ClN3O2S/c1-3-5-16-6-8-18(9-7-16)21(19,20)14-10-13(11-15)17(4-2)12-14/h10,12H,3-9,11H2,1-2H3. The highest BCUT2D eigenvalue weighted by Gasteiger charge is 2.29. The molecule has 1 aliphatic heterocycles. The van der Waals surface area contributed by atoms with Gasteiger partial charge in [-0.05, 0) is 26.0 Å². The van der Waals surface area contributed by atoms with Gasteiger partial charge in [-0.25, -0.2) is 8.42 Å². The molecule has 5 nitrogen and oxygen atoms in total. The predicted molar refractivity (Wildman–Crippen MR) is 85.2 cm³/mol. The first-order valence-corrected chi connectivity index (χ1v) is 9.47. The predicted octanol–water partition coefficient (Wildman–Crippen LogP) is 1.96. The molecule has 1 aromatic heterocycles. The second kappa shape index (κ2) is 7.13. The summed E-state index contributed by atoms with van der Waals surface area (Å²) in [6, 6.07) is 1.70. The van der Waals surface area contributed by atoms with Crippen molar-refractivity contribution < 1.29 is 8.42 Å². The first-order chi connectivity index (χ1) is 10.0. The van der Waals surface area contributed by atoms with Gasteiger partial charge in [0.25, 0.3) is 0 Å². The number of aryl methyl sites for hydroxylation is 1. The van der Waals surface area contributed by atoms with Crippen molar-refractivity contribution in [2.45, 2.75) is 37.6 Å². The van der Waals surface area contributed by atoms with Crippen LogP contribution in [0.4, 0.5) is 0 Å². The van der Waals surface area contributed by atoms with Gasteiger partial charge in [-0.2, -0.15) is 4.31 Å². The summed E-state index contributed by atoms with van der Waals surface area (Å²) in [5, 5.41) is 0. The molecule has 7 heteroatoms. The molecule has 2 heterocycles. The molecule has 1 aliphatic rings. The summed E-state index contributed by atoms with van der Waals surface area (Å²) in [5.74, 6) is 0.327. The van der Waals surface area contributed by atoms with Gasteiger partial charge in [0, 0.05) is 44.6 Å². The number of piperazine rings is 1. The molecule has 0 aromatic carbocycles. The maximum absolute atomic E-state index is 12.7. The van der Waals surface area contributed by atoms with Crippen molar-refractivity contribution in [3.63, 3.8) is 0 Å². The molecule has 0 spiro atoms. The van der Waals surface area contributed by atoms with E-state index in [1.165, 1.54) is 0 Å². The molecular weight excluding hydrogens is 310 g/mol. The number of nitrogens with zero attached hydrogens (tertiary/aromatic N) is 3. The lowest BCUT2D eigenvalue weighted by Gasteiger charge is -2.33. The van der Waals surface area contributed by atoms with Crippen LogP contribution in [0.1, 0.15) is 26.0 Å². The molecule has 0 atom stereocenters. The maximum Gasteiger partial charge on any atom is 0.244 e. The summed E-state index contributed by atoms with van der Waals surface area (Å²) in [6.07, 6.45) is 2.80. The van der Waals surface area contributed by atoms with Crippen molar-refractivity contribution in [1.29, 1.82) is 0 Å². The van der Waals surface area contributed by atoms with Crippen molar-refractivity contribution in [3.8, 4) is 0 Å². The molecule has 0 amide bonds. The average Bonchev–Trinajstić information content (AvgIpc) is 2.92. The SMILES string of the molecule is CCCN1CCN(S(=O)(=O)c2cc(CCl)n(CC)c2)CC1. The van der Waals surface area contributed by atoms with Crippen molar-refractivity contribution in [3.05, 3.63) is 18.0 Å². The monoisotopic (exact) mass is 333 g/mol. The Kier molecular flexibility index (Phi) is 5.71. The van der Waals surface area contributed by atoms with E-state index in [1.807, 2.05) is 11.5 Å². The van der Waals surface area contributed by atoms with E-state index in [0.29, 0.717) is 23.9 Å². The van der Waals surface area contributed by atoms with Crippen molar-refractivity contribution in [2.75, 3.05) is 32.7 Å². The summed E-state index contributed by atoms with van der Waals surface area (Å²) in [7, 11) is -3.40. The zero-order chi connectivity index (χ0) is 15.5. The summed E-state index contributed by atoms with van der Waals surface area (Å²) in [4.78, 5) is 2.68. The van der Waals surface area contributed by atoms with Gasteiger partial charge in [-0.15, -0.1) is 11.6 Å². The Balaban J connectivity index is 2.13. The first kappa shape index (κ1) is 16.8. The van der Waals surface area contributed by atoms with E-state index in [-0.39, 0.29) is 0 Å². The number of aromatic nitrogens is 1. The summed E-state index contributed by atoms with van der Waals surface area (Å²) in [6.45, 7) is 8.64. The van der Waals surface area contributed by atoms with Crippen LogP contribution in [0.15, 0.2) is 17.2 Å². The first-order valence-electron chi connectivity index (χ1n) is 7.50. The van der Waals surface area contributed by atoms with Gasteiger partial charge in [-0.3, -0.25) is 0 Å². The highest BCUT2D eigenvalue weighted by molar-refractivity contribution is 7.89. The van der Waals surface area contributed by atoms with Gasteiger partial charge in [0.05, 0.1) is 5.88 Å². The number of alkyl halides is 1. The Morgan fingerprint density at radius 1 is 1.19 bits per heavy atom. The molecule has 2 rings (SSSR count). The van der Waals surface area contributed by atoms with E-state index in [0.717, 1.165) is 38.3 Å². The summed E-state index contributed by atoms with van der Waals surface area (Å²) < 4.78 is 28.9. The van der Waals surface area contributed by atoms with E-state index in [9.17, 15) is 8.42 Å². The molecule has 1 saturated heterocycles. The zero-order valence-corrected chi connectivity index (χ0v) is 14.3. The fourth-order valence-electron chi connectivity index (χ4n) is 2.73. The van der Waals surface area contributed by atoms with Crippen LogP contribution in [0.25, 0.3) is 0 Å². The molecule has 0 unspecified atom stereocenters. The number of hydrogen-bond donors (Lipinski definition) is 0. The number of halogens is 1. The van der Waals surface area contributed by atoms with Crippen LogP contribution < -0.4 is 0 Å². The fourth-order valence-corrected chi connectivity index (χ4v) is 4.45. The molecular formula is C14H24ClN3O2S. The Morgan fingerprint density at radius 3 is 2.33 bits per heavy atom. The zero-order valence-electron chi connectivity index (χ0n) is 12.8. The minimum absolute atomic E-state index is 0.327. The third-order valence-electron chi connectivity index (χ3n) is 3.95. The van der Waals surface area contributed by atoms with Gasteiger partial charge < -0.3 is 9.47 Å². The summed E-state index contributed by atoms with van der Waals surface area (Å²) >= 11 is 5.88. The molecule has 0 aliphatic carbocycles. The van der Waals surface area contributed by atoms with Crippen LogP contribution in [-0.4, -0.2) is 54.9 Å². The highest BCUT2D eigenvalue weighted by atomic mass is 35.5. The molecule has 0 N–H and O–H groups in total. The number of hydrogen-bond acceptors (Lipinski definition) is 3. The molecule has 1 fully saturated rings. The lowest BCUT2D eigenvalue weighted by atomic mass is 10.3. The van der Waals surface area contributed by atoms with Crippen molar-refractivity contribution >= 4 is 21.6 Å². The van der Waals surface area contributed by atoms with Gasteiger partial charge in [0.2, 0.25) is 10.0 Å². The Morgan fingerprint density at radius 2 is 1.86 bits per heavy atom. The lowest BCUT2D eigenvalue weighted by molar-refractivity contribution is 0.188. The largest absolute Gasteiger partial charge is 0.349 e. The van der Waals surface area contributed by atoms with Crippen LogP contribution in [0.2, 0.25) is 0 Å². The smallest absolute Gasteiger partial charge is 0.244 e. The van der Waals surface area contributed by atoms with Crippen LogP contribution in [-0.2, 0) is 22.4 Å². The van der Waals surface area contributed by atoms with Gasteiger partial charge >= 0.3 is 0 Å². The third-order valence-corrected chi connectivity index (χ3v) is 6.09. The maximum atomic E-state index is 12.7. The van der Waals surface area contributed by atoms with Crippen LogP contribution in [0, 0.1) is 0 Å². The van der Waals surface area contributed by atoms with E-state index in [2.05, 4.69) is 11.8 Å². The van der Waals surface area contributed by atoms with Crippen LogP contribution in [0.5, 0.6) is 0 Å². The number of rotatable bonds is 6. The molecule has 0 saturated carbocycles. The average molecular weight is 334 g/mol. The summed E-state index contributed by atoms with van der Waals surface area (Å²) in [5.41, 5.74) is 0.849. The van der Waals surface area contributed by atoms with Crippen LogP contribution >= 0.6 is 11.6 Å². The third kappa shape index (κ3) is 3.62. The fraction of sp³-hybridized carbons (Fsp3) is 0.714. The number of sulfonamides is 1. The molecule has 120 valence electrons. The van der Waals surface area contributed by atoms with Gasteiger partial charge in [0.15, 0.2) is 0 Å². The second-order valence-electron chi connectivity index (χ2n) is 5.33. The minimum atomic E-state index is -3.40. The second-order valence-corrected chi connectivity index (χ2v) is 7.54. The van der Waals surface area contributed by atoms with Crippen molar-refractivity contribution in [2.24, 2.45) is 0 Å². The van der Waals surface area contributed by atoms with E-state index < -0.39 is 10.0 Å². The molecule has 1 aromatic rings. The quantitative estimate of drug-likeness (QED) is 0.748. The van der Waals surface area contributed by atoms with Gasteiger partial charge in [-0.1, -0.05) is 6.92 Å². The highest BCUT2D eigenvalue weighted by Crippen LogP contribution is 2.21. The normalized spacial score (nSPS) is 18.2. The van der Waals surface area contributed by atoms with E-state index in [4.69, 9.17) is 11.6 Å². The lowest BCUT2D eigenvalue weighted by Crippen LogP contribution is -2.48. The van der Waals surface area contributed by atoms with E-state index in [1.54, 1.807) is 16.6 Å². The molecule has 0 radical (unpaired) electrons. The Labute approximate surface area is 132 Å². The van der Waals surface area contributed by atoms with Crippen LogP contribution in [0.3, 0.4) is 0 Å². The Hall–Kier alpha value is -0.560. The minimum Gasteiger partial charge on any atom is -0.349 e. The topological polar surface area (TPSA) is 45.6 Å². The van der Waals surface area contributed by atoms with Gasteiger partial charge in [0.1, 0.15) is 4.90 Å². The molecule has 21 heavy (non-hydrogen) atoms. The van der Waals surface area contributed by atoms with Crippen molar-refractivity contribution in [1.82, 2.24) is 13.8 Å². The molecule has 0 bridgehead atoms. The Bertz CT molecular complexity index is 541. The van der Waals surface area contributed by atoms with E-state index >= 15 is 0 Å².